The molecule has 1 saturated carbocycles. The van der Waals surface area contributed by atoms with E-state index in [1.54, 1.807) is 0 Å². The zero-order valence-corrected chi connectivity index (χ0v) is 17.6. The first-order chi connectivity index (χ1) is 13.3. The summed E-state index contributed by atoms with van der Waals surface area (Å²) in [5, 5.41) is 2.92. The number of carbonyl (C=O) groups is 1. The van der Waals surface area contributed by atoms with Gasteiger partial charge in [-0.1, -0.05) is 31.4 Å². The summed E-state index contributed by atoms with van der Waals surface area (Å²) in [6.07, 6.45) is 4.55. The van der Waals surface area contributed by atoms with Crippen LogP contribution in [0.25, 0.3) is 0 Å². The minimum atomic E-state index is -3.73. The van der Waals surface area contributed by atoms with Crippen LogP contribution in [0.2, 0.25) is 5.02 Å². The monoisotopic (exact) mass is 431 g/mol. The summed E-state index contributed by atoms with van der Waals surface area (Å²) in [5.41, 5.74) is 0. The molecule has 6 nitrogen and oxygen atoms in total. The molecule has 2 aliphatic rings. The van der Waals surface area contributed by atoms with Crippen LogP contribution in [0.1, 0.15) is 32.6 Å². The fourth-order valence-electron chi connectivity index (χ4n) is 3.90. The lowest BCUT2D eigenvalue weighted by atomic mass is 9.86. The van der Waals surface area contributed by atoms with Crippen molar-refractivity contribution in [1.29, 1.82) is 0 Å². The number of halogens is 2. The molecule has 2 atom stereocenters. The van der Waals surface area contributed by atoms with E-state index in [0.717, 1.165) is 31.4 Å². The van der Waals surface area contributed by atoms with Crippen molar-refractivity contribution in [3.63, 3.8) is 0 Å². The zero-order valence-electron chi connectivity index (χ0n) is 16.0. The Hall–Kier alpha value is -1.22. The third-order valence-corrected chi connectivity index (χ3v) is 7.87. The minimum absolute atomic E-state index is 0.000346. The largest absolute Gasteiger partial charge is 0.352 e. The molecular formula is C19H27ClFN3O3S. The molecule has 1 aliphatic heterocycles. The van der Waals surface area contributed by atoms with Gasteiger partial charge in [0.15, 0.2) is 0 Å². The Bertz CT molecular complexity index is 813. The summed E-state index contributed by atoms with van der Waals surface area (Å²) in [5.74, 6) is -0.147. The molecule has 2 fully saturated rings. The second-order valence-corrected chi connectivity index (χ2v) is 10.0. The van der Waals surface area contributed by atoms with Gasteiger partial charge in [-0.15, -0.1) is 0 Å². The molecular weight excluding hydrogens is 405 g/mol. The Morgan fingerprint density at radius 3 is 2.54 bits per heavy atom. The number of piperazine rings is 1. The van der Waals surface area contributed by atoms with Crippen molar-refractivity contribution in [3.05, 3.63) is 29.0 Å². The van der Waals surface area contributed by atoms with Crippen LogP contribution in [0.4, 0.5) is 4.39 Å². The molecule has 3 rings (SSSR count). The molecule has 0 aromatic heterocycles. The lowest BCUT2D eigenvalue weighted by molar-refractivity contribution is -0.123. The average Bonchev–Trinajstić information content (AvgIpc) is 2.66. The molecule has 0 bridgehead atoms. The van der Waals surface area contributed by atoms with Gasteiger partial charge < -0.3 is 5.32 Å². The molecule has 156 valence electrons. The quantitative estimate of drug-likeness (QED) is 0.777. The van der Waals surface area contributed by atoms with Crippen molar-refractivity contribution in [2.75, 3.05) is 32.7 Å². The van der Waals surface area contributed by atoms with E-state index in [-0.39, 0.29) is 41.5 Å². The molecule has 1 N–H and O–H groups in total. The number of rotatable bonds is 5. The topological polar surface area (TPSA) is 69.7 Å². The zero-order chi connectivity index (χ0) is 20.3. The normalized spacial score (nSPS) is 24.8. The van der Waals surface area contributed by atoms with Crippen LogP contribution < -0.4 is 5.32 Å². The average molecular weight is 432 g/mol. The fraction of sp³-hybridized carbons (Fsp3) is 0.632. The van der Waals surface area contributed by atoms with E-state index in [9.17, 15) is 17.6 Å². The summed E-state index contributed by atoms with van der Waals surface area (Å²) < 4.78 is 40.1. The highest BCUT2D eigenvalue weighted by Gasteiger charge is 2.30. The Morgan fingerprint density at radius 2 is 1.89 bits per heavy atom. The number of sulfonamides is 1. The van der Waals surface area contributed by atoms with Crippen LogP contribution in [0.5, 0.6) is 0 Å². The molecule has 28 heavy (non-hydrogen) atoms. The second-order valence-electron chi connectivity index (χ2n) is 7.69. The van der Waals surface area contributed by atoms with E-state index in [4.69, 9.17) is 11.6 Å². The van der Waals surface area contributed by atoms with Crippen molar-refractivity contribution in [3.8, 4) is 0 Å². The molecule has 0 spiro atoms. The summed E-state index contributed by atoms with van der Waals surface area (Å²) in [4.78, 5) is 14.3. The van der Waals surface area contributed by atoms with Crippen molar-refractivity contribution in [2.45, 2.75) is 43.5 Å². The maximum absolute atomic E-state index is 13.3. The molecule has 1 saturated heterocycles. The number of amides is 1. The van der Waals surface area contributed by atoms with E-state index in [1.807, 2.05) is 4.90 Å². The Kier molecular flexibility index (Phi) is 6.96. The Morgan fingerprint density at radius 1 is 1.21 bits per heavy atom. The molecule has 1 aliphatic carbocycles. The SMILES string of the molecule is C[C@@H]1CCCC[C@@H]1NC(=O)CN1CCN(S(=O)(=O)c2ccc(F)c(Cl)c2)CC1. The third kappa shape index (κ3) is 5.03. The Balaban J connectivity index is 1.52. The van der Waals surface area contributed by atoms with Crippen molar-refractivity contribution < 1.29 is 17.6 Å². The van der Waals surface area contributed by atoms with Gasteiger partial charge in [0.1, 0.15) is 5.82 Å². The molecule has 0 unspecified atom stereocenters. The number of benzene rings is 1. The molecule has 1 amide bonds. The van der Waals surface area contributed by atoms with Gasteiger partial charge in [0.25, 0.3) is 0 Å². The summed E-state index contributed by atoms with van der Waals surface area (Å²) >= 11 is 5.72. The maximum Gasteiger partial charge on any atom is 0.243 e. The van der Waals surface area contributed by atoms with Gasteiger partial charge in [-0.25, -0.2) is 12.8 Å². The second kappa shape index (κ2) is 9.07. The van der Waals surface area contributed by atoms with E-state index >= 15 is 0 Å². The predicted molar refractivity (Wildman–Crippen MR) is 106 cm³/mol. The molecule has 1 aromatic carbocycles. The summed E-state index contributed by atoms with van der Waals surface area (Å²) in [6, 6.07) is 3.66. The maximum atomic E-state index is 13.3. The molecule has 1 aromatic rings. The lowest BCUT2D eigenvalue weighted by Gasteiger charge is -2.34. The first-order valence-electron chi connectivity index (χ1n) is 9.74. The van der Waals surface area contributed by atoms with Gasteiger partial charge in [0.05, 0.1) is 16.5 Å². The first kappa shape index (κ1) is 21.5. The molecule has 1 heterocycles. The molecule has 0 radical (unpaired) electrons. The number of hydrogen-bond donors (Lipinski definition) is 1. The van der Waals surface area contributed by atoms with E-state index < -0.39 is 15.8 Å². The third-order valence-electron chi connectivity index (χ3n) is 5.69. The smallest absolute Gasteiger partial charge is 0.243 e. The van der Waals surface area contributed by atoms with Gasteiger partial charge in [0, 0.05) is 32.2 Å². The van der Waals surface area contributed by atoms with Gasteiger partial charge >= 0.3 is 0 Å². The number of nitrogens with one attached hydrogen (secondary N) is 1. The molecule has 9 heteroatoms. The van der Waals surface area contributed by atoms with Crippen LogP contribution in [0.15, 0.2) is 23.1 Å². The van der Waals surface area contributed by atoms with Crippen LogP contribution >= 0.6 is 11.6 Å². The van der Waals surface area contributed by atoms with Crippen molar-refractivity contribution >= 4 is 27.5 Å². The van der Waals surface area contributed by atoms with Gasteiger partial charge in [-0.05, 0) is 37.0 Å². The van der Waals surface area contributed by atoms with Crippen LogP contribution in [0, 0.1) is 11.7 Å². The minimum Gasteiger partial charge on any atom is -0.352 e. The first-order valence-corrected chi connectivity index (χ1v) is 11.6. The summed E-state index contributed by atoms with van der Waals surface area (Å²) in [6.45, 7) is 3.97. The van der Waals surface area contributed by atoms with E-state index in [2.05, 4.69) is 12.2 Å². The van der Waals surface area contributed by atoms with Crippen molar-refractivity contribution in [1.82, 2.24) is 14.5 Å². The van der Waals surface area contributed by atoms with Crippen molar-refractivity contribution in [2.24, 2.45) is 5.92 Å². The van der Waals surface area contributed by atoms with Crippen LogP contribution in [0.3, 0.4) is 0 Å². The Labute approximate surface area is 171 Å². The number of hydrogen-bond acceptors (Lipinski definition) is 4. The van der Waals surface area contributed by atoms with Crippen LogP contribution in [-0.2, 0) is 14.8 Å². The standard InChI is InChI=1S/C19H27ClFN3O3S/c1-14-4-2-3-5-18(14)22-19(25)13-23-8-10-24(11-9-23)28(26,27)15-6-7-17(21)16(20)12-15/h6-7,12,14,18H,2-5,8-11,13H2,1H3,(H,22,25)/t14-,18+/m1/s1. The van der Waals surface area contributed by atoms with E-state index in [1.165, 1.54) is 16.8 Å². The number of nitrogens with zero attached hydrogens (tertiary/aromatic N) is 2. The lowest BCUT2D eigenvalue weighted by Crippen LogP contribution is -2.52. The van der Waals surface area contributed by atoms with Gasteiger partial charge in [-0.2, -0.15) is 4.31 Å². The fourth-order valence-corrected chi connectivity index (χ4v) is 5.59. The highest BCUT2D eigenvalue weighted by Crippen LogP contribution is 2.24. The predicted octanol–water partition coefficient (Wildman–Crippen LogP) is 2.48. The highest BCUT2D eigenvalue weighted by molar-refractivity contribution is 7.89. The van der Waals surface area contributed by atoms with E-state index in [0.29, 0.717) is 19.0 Å². The summed E-state index contributed by atoms with van der Waals surface area (Å²) in [7, 11) is -3.73. The number of carbonyl (C=O) groups excluding carboxylic acids is 1. The highest BCUT2D eigenvalue weighted by atomic mass is 35.5. The van der Waals surface area contributed by atoms with Crippen LogP contribution in [-0.4, -0.2) is 62.3 Å². The van der Waals surface area contributed by atoms with Gasteiger partial charge in [-0.3, -0.25) is 9.69 Å². The van der Waals surface area contributed by atoms with Gasteiger partial charge in [0.2, 0.25) is 15.9 Å².